The summed E-state index contributed by atoms with van der Waals surface area (Å²) in [5, 5.41) is 6.10. The summed E-state index contributed by atoms with van der Waals surface area (Å²) in [5.74, 6) is 0.556. The number of pyridine rings is 1. The maximum Gasteiger partial charge on any atom is 0.251 e. The summed E-state index contributed by atoms with van der Waals surface area (Å²) in [4.78, 5) is 15.9. The van der Waals surface area contributed by atoms with Gasteiger partial charge in [-0.3, -0.25) is 9.78 Å². The average molecular weight is 337 g/mol. The van der Waals surface area contributed by atoms with Crippen LogP contribution in [0.1, 0.15) is 28.9 Å². The molecule has 25 heavy (non-hydrogen) atoms. The normalized spacial score (nSPS) is 19.4. The second-order valence-electron chi connectivity index (χ2n) is 6.02. The lowest BCUT2D eigenvalue weighted by Gasteiger charge is -2.09. The highest BCUT2D eigenvalue weighted by molar-refractivity contribution is 5.94. The Morgan fingerprint density at radius 3 is 2.60 bits per heavy atom. The lowest BCUT2D eigenvalue weighted by Crippen LogP contribution is -2.28. The highest BCUT2D eigenvalue weighted by Gasteiger charge is 2.43. The molecule has 1 aromatic heterocycles. The fourth-order valence-corrected chi connectivity index (χ4v) is 2.58. The number of carbonyl (C=O) groups excluding carboxylic acids is 1. The Kier molecular flexibility index (Phi) is 5.80. The van der Waals surface area contributed by atoms with E-state index in [1.807, 2.05) is 24.3 Å². The predicted octanol–water partition coefficient (Wildman–Crippen LogP) is 2.65. The number of carbonyl (C=O) groups is 1. The van der Waals surface area contributed by atoms with E-state index in [1.54, 1.807) is 30.5 Å². The van der Waals surface area contributed by atoms with Crippen molar-refractivity contribution in [1.82, 2.24) is 15.6 Å². The van der Waals surface area contributed by atoms with E-state index in [1.165, 1.54) is 12.8 Å². The van der Waals surface area contributed by atoms with Gasteiger partial charge in [0.1, 0.15) is 18.1 Å². The standard InChI is InChI=1S/C16H16N2O2.C4H7N/c1-2-14-15(9-6-10-17-14)20-12-11-18-16(19)13-7-4-3-5-8-13;1-2-4-3(1)5-4/h2-10H,1,11-12H2,(H,18,19);3-5H,1-2H2. The molecule has 1 aromatic carbocycles. The molecule has 2 aromatic rings. The third-order valence-electron chi connectivity index (χ3n) is 4.27. The van der Waals surface area contributed by atoms with Crippen LogP contribution in [0, 0.1) is 0 Å². The Bertz CT molecular complexity index is 706. The molecule has 2 N–H and O–H groups in total. The zero-order valence-electron chi connectivity index (χ0n) is 14.2. The van der Waals surface area contributed by atoms with E-state index in [0.717, 1.165) is 12.1 Å². The lowest BCUT2D eigenvalue weighted by molar-refractivity contribution is 0.0947. The van der Waals surface area contributed by atoms with E-state index in [9.17, 15) is 4.79 Å². The van der Waals surface area contributed by atoms with E-state index in [-0.39, 0.29) is 5.91 Å². The van der Waals surface area contributed by atoms with Crippen LogP contribution in [0.25, 0.3) is 6.08 Å². The minimum absolute atomic E-state index is 0.107. The van der Waals surface area contributed by atoms with Crippen molar-refractivity contribution in [2.45, 2.75) is 24.9 Å². The molecule has 5 heteroatoms. The molecule has 2 heterocycles. The first-order valence-electron chi connectivity index (χ1n) is 8.57. The molecule has 2 atom stereocenters. The number of hydrogen-bond acceptors (Lipinski definition) is 4. The van der Waals surface area contributed by atoms with Gasteiger partial charge in [-0.05, 0) is 43.2 Å². The van der Waals surface area contributed by atoms with E-state index < -0.39 is 0 Å². The van der Waals surface area contributed by atoms with Crippen molar-refractivity contribution in [2.75, 3.05) is 13.2 Å². The molecule has 130 valence electrons. The van der Waals surface area contributed by atoms with Crippen LogP contribution in [-0.2, 0) is 0 Å². The Hall–Kier alpha value is -2.66. The third-order valence-corrected chi connectivity index (χ3v) is 4.27. The molecule has 0 spiro atoms. The summed E-state index contributed by atoms with van der Waals surface area (Å²) in [5.41, 5.74) is 1.34. The van der Waals surface area contributed by atoms with Gasteiger partial charge < -0.3 is 15.4 Å². The van der Waals surface area contributed by atoms with Gasteiger partial charge in [-0.1, -0.05) is 24.8 Å². The molecule has 1 aliphatic heterocycles. The first kappa shape index (κ1) is 17.2. The van der Waals surface area contributed by atoms with Gasteiger partial charge >= 0.3 is 0 Å². The van der Waals surface area contributed by atoms with E-state index in [2.05, 4.69) is 22.2 Å². The maximum absolute atomic E-state index is 11.8. The van der Waals surface area contributed by atoms with Crippen LogP contribution in [0.4, 0.5) is 0 Å². The van der Waals surface area contributed by atoms with Crippen molar-refractivity contribution in [1.29, 1.82) is 0 Å². The van der Waals surface area contributed by atoms with E-state index in [4.69, 9.17) is 4.74 Å². The summed E-state index contributed by atoms with van der Waals surface area (Å²) in [7, 11) is 0. The number of hydrogen-bond donors (Lipinski definition) is 2. The molecule has 0 bridgehead atoms. The molecule has 1 saturated heterocycles. The summed E-state index contributed by atoms with van der Waals surface area (Å²) in [6, 6.07) is 14.7. The second-order valence-corrected chi connectivity index (χ2v) is 6.02. The van der Waals surface area contributed by atoms with Gasteiger partial charge in [0.05, 0.1) is 6.54 Å². The smallest absolute Gasteiger partial charge is 0.251 e. The summed E-state index contributed by atoms with van der Waals surface area (Å²) < 4.78 is 5.57. The van der Waals surface area contributed by atoms with Crippen LogP contribution in [0.3, 0.4) is 0 Å². The highest BCUT2D eigenvalue weighted by Crippen LogP contribution is 2.31. The molecule has 2 unspecified atom stereocenters. The average Bonchev–Trinajstić information content (AvgIpc) is 3.25. The number of aromatic nitrogens is 1. The zero-order valence-corrected chi connectivity index (χ0v) is 14.2. The van der Waals surface area contributed by atoms with Gasteiger partial charge in [0, 0.05) is 23.8 Å². The molecule has 5 nitrogen and oxygen atoms in total. The van der Waals surface area contributed by atoms with Crippen LogP contribution in [0.2, 0.25) is 0 Å². The number of ether oxygens (including phenoxy) is 1. The molecule has 1 amide bonds. The first-order chi connectivity index (χ1) is 12.3. The van der Waals surface area contributed by atoms with Crippen LogP contribution in [-0.4, -0.2) is 36.1 Å². The third kappa shape index (κ3) is 4.90. The van der Waals surface area contributed by atoms with Crippen molar-refractivity contribution >= 4 is 12.0 Å². The SMILES string of the molecule is C1CC2NC12.C=Cc1ncccc1OCCNC(=O)c1ccccc1. The molecular weight excluding hydrogens is 314 g/mol. The van der Waals surface area contributed by atoms with Crippen molar-refractivity contribution in [3.63, 3.8) is 0 Å². The first-order valence-corrected chi connectivity index (χ1v) is 8.57. The van der Waals surface area contributed by atoms with Crippen LogP contribution in [0.15, 0.2) is 55.2 Å². The van der Waals surface area contributed by atoms with Crippen LogP contribution >= 0.6 is 0 Å². The Morgan fingerprint density at radius 2 is 2.00 bits per heavy atom. The highest BCUT2D eigenvalue weighted by atomic mass is 16.5. The Balaban J connectivity index is 0.000000304. The minimum atomic E-state index is -0.107. The van der Waals surface area contributed by atoms with Gasteiger partial charge in [-0.2, -0.15) is 0 Å². The summed E-state index contributed by atoms with van der Waals surface area (Å²) >= 11 is 0. The van der Waals surface area contributed by atoms with Crippen molar-refractivity contribution < 1.29 is 9.53 Å². The molecule has 1 saturated carbocycles. The van der Waals surface area contributed by atoms with Gasteiger partial charge in [-0.15, -0.1) is 0 Å². The van der Waals surface area contributed by atoms with Gasteiger partial charge in [0.2, 0.25) is 0 Å². The molecule has 2 aliphatic rings. The Labute approximate surface area is 148 Å². The second kappa shape index (κ2) is 8.44. The minimum Gasteiger partial charge on any atom is -0.489 e. The molecule has 0 radical (unpaired) electrons. The lowest BCUT2D eigenvalue weighted by atomic mass is 10.0. The Morgan fingerprint density at radius 1 is 1.24 bits per heavy atom. The number of benzene rings is 1. The van der Waals surface area contributed by atoms with Crippen LogP contribution < -0.4 is 15.4 Å². The van der Waals surface area contributed by atoms with E-state index in [0.29, 0.717) is 30.2 Å². The fourth-order valence-electron chi connectivity index (χ4n) is 2.58. The monoisotopic (exact) mass is 337 g/mol. The largest absolute Gasteiger partial charge is 0.489 e. The number of nitrogens with zero attached hydrogens (tertiary/aromatic N) is 1. The van der Waals surface area contributed by atoms with Crippen molar-refractivity contribution in [2.24, 2.45) is 0 Å². The summed E-state index contributed by atoms with van der Waals surface area (Å²) in [6.07, 6.45) is 6.22. The summed E-state index contributed by atoms with van der Waals surface area (Å²) in [6.45, 7) is 4.49. The van der Waals surface area contributed by atoms with Crippen LogP contribution in [0.5, 0.6) is 5.75 Å². The predicted molar refractivity (Wildman–Crippen MR) is 98.5 cm³/mol. The van der Waals surface area contributed by atoms with Gasteiger partial charge in [-0.25, -0.2) is 0 Å². The van der Waals surface area contributed by atoms with Gasteiger partial charge in [0.25, 0.3) is 5.91 Å². The quantitative estimate of drug-likeness (QED) is 0.628. The molecule has 1 aliphatic carbocycles. The van der Waals surface area contributed by atoms with E-state index >= 15 is 0 Å². The van der Waals surface area contributed by atoms with Gasteiger partial charge in [0.15, 0.2) is 0 Å². The zero-order chi connectivity index (χ0) is 17.5. The van der Waals surface area contributed by atoms with Crippen molar-refractivity contribution in [3.8, 4) is 5.75 Å². The van der Waals surface area contributed by atoms with Crippen molar-refractivity contribution in [3.05, 3.63) is 66.5 Å². The maximum atomic E-state index is 11.8. The number of nitrogens with one attached hydrogen (secondary N) is 2. The number of rotatable bonds is 6. The molecule has 2 fully saturated rings. The molecule has 4 rings (SSSR count). The fraction of sp³-hybridized carbons (Fsp3) is 0.300. The molecular formula is C20H23N3O2. The number of amides is 1. The number of fused-ring (bicyclic) bond motifs is 1. The topological polar surface area (TPSA) is 73.2 Å².